The Morgan fingerprint density at radius 2 is 2.14 bits per heavy atom. The summed E-state index contributed by atoms with van der Waals surface area (Å²) >= 11 is 3.48. The molecule has 0 saturated carbocycles. The van der Waals surface area contributed by atoms with Crippen LogP contribution in [0.15, 0.2) is 45.8 Å². The van der Waals surface area contributed by atoms with Crippen LogP contribution in [-0.2, 0) is 11.3 Å². The van der Waals surface area contributed by atoms with Gasteiger partial charge in [-0.25, -0.2) is 4.68 Å². The van der Waals surface area contributed by atoms with Gasteiger partial charge in [0, 0.05) is 31.2 Å². The molecule has 0 radical (unpaired) electrons. The Kier molecular flexibility index (Phi) is 5.52. The molecule has 0 N–H and O–H groups in total. The fourth-order valence-corrected chi connectivity index (χ4v) is 2.31. The molecule has 1 heterocycles. The van der Waals surface area contributed by atoms with Crippen molar-refractivity contribution >= 4 is 21.6 Å². The quantitative estimate of drug-likeness (QED) is 0.799. The number of methoxy groups -OCH3 is 1. The number of nitrogens with zero attached hydrogens (tertiary/aromatic N) is 3. The highest BCUT2D eigenvalue weighted by atomic mass is 79.9. The number of hydrogen-bond donors (Lipinski definition) is 0. The van der Waals surface area contributed by atoms with E-state index in [1.807, 2.05) is 36.2 Å². The molecular formula is C15H18BrN3O2. The third-order valence-corrected chi connectivity index (χ3v) is 3.98. The Bertz CT molecular complexity index is 657. The van der Waals surface area contributed by atoms with Crippen LogP contribution in [0.1, 0.15) is 5.56 Å². The van der Waals surface area contributed by atoms with Crippen molar-refractivity contribution in [3.8, 4) is 0 Å². The zero-order valence-electron chi connectivity index (χ0n) is 12.1. The zero-order chi connectivity index (χ0) is 15.2. The summed E-state index contributed by atoms with van der Waals surface area (Å²) < 4.78 is 7.45. The Hall–Kier alpha value is -1.66. The maximum atomic E-state index is 12.2. The van der Waals surface area contributed by atoms with E-state index in [-0.39, 0.29) is 5.56 Å². The van der Waals surface area contributed by atoms with Crippen molar-refractivity contribution in [1.82, 2.24) is 9.78 Å². The SMILES string of the molecule is COCCN(C)c1cnn(Cc2ccccc2Br)c(=O)c1. The fraction of sp³-hybridized carbons (Fsp3) is 0.333. The van der Waals surface area contributed by atoms with E-state index in [1.165, 1.54) is 4.68 Å². The molecule has 0 aliphatic carbocycles. The van der Waals surface area contributed by atoms with Crippen molar-refractivity contribution in [2.45, 2.75) is 6.54 Å². The average Bonchev–Trinajstić information content (AvgIpc) is 2.49. The fourth-order valence-electron chi connectivity index (χ4n) is 1.90. The van der Waals surface area contributed by atoms with Gasteiger partial charge >= 0.3 is 0 Å². The second kappa shape index (κ2) is 7.38. The topological polar surface area (TPSA) is 47.4 Å². The van der Waals surface area contributed by atoms with E-state index < -0.39 is 0 Å². The molecule has 5 nitrogen and oxygen atoms in total. The molecule has 1 aromatic heterocycles. The molecule has 0 aliphatic heterocycles. The first-order valence-corrected chi connectivity index (χ1v) is 7.42. The third kappa shape index (κ3) is 4.15. The summed E-state index contributed by atoms with van der Waals surface area (Å²) in [5.41, 5.74) is 1.69. The van der Waals surface area contributed by atoms with Gasteiger partial charge in [-0.15, -0.1) is 0 Å². The molecule has 0 spiro atoms. The third-order valence-electron chi connectivity index (χ3n) is 3.20. The molecule has 0 fully saturated rings. The second-order valence-electron chi connectivity index (χ2n) is 4.72. The summed E-state index contributed by atoms with van der Waals surface area (Å²) in [6, 6.07) is 9.40. The lowest BCUT2D eigenvalue weighted by molar-refractivity contribution is 0.206. The highest BCUT2D eigenvalue weighted by Crippen LogP contribution is 2.16. The second-order valence-corrected chi connectivity index (χ2v) is 5.57. The zero-order valence-corrected chi connectivity index (χ0v) is 13.7. The molecular weight excluding hydrogens is 334 g/mol. The van der Waals surface area contributed by atoms with E-state index in [0.29, 0.717) is 19.7 Å². The van der Waals surface area contributed by atoms with Crippen molar-refractivity contribution in [3.05, 3.63) is 56.9 Å². The number of benzene rings is 1. The Morgan fingerprint density at radius 3 is 2.81 bits per heavy atom. The Balaban J connectivity index is 2.16. The standard InChI is InChI=1S/C15H18BrN3O2/c1-18(7-8-21-2)13-9-15(20)19(17-10-13)11-12-5-3-4-6-14(12)16/h3-6,9-10H,7-8,11H2,1-2H3. The number of likely N-dealkylation sites (N-methyl/N-ethyl adjacent to an activating group) is 1. The molecule has 112 valence electrons. The first-order chi connectivity index (χ1) is 10.1. The van der Waals surface area contributed by atoms with Gasteiger partial charge in [0.05, 0.1) is 25.0 Å². The maximum absolute atomic E-state index is 12.2. The predicted molar refractivity (Wildman–Crippen MR) is 86.9 cm³/mol. The molecule has 0 bridgehead atoms. The molecule has 0 saturated heterocycles. The van der Waals surface area contributed by atoms with Crippen LogP contribution in [-0.4, -0.2) is 37.1 Å². The minimum atomic E-state index is -0.118. The summed E-state index contributed by atoms with van der Waals surface area (Å²) in [6.45, 7) is 1.77. The first kappa shape index (κ1) is 15.7. The van der Waals surface area contributed by atoms with E-state index in [4.69, 9.17) is 4.74 Å². The van der Waals surface area contributed by atoms with Gasteiger partial charge in [0.15, 0.2) is 0 Å². The van der Waals surface area contributed by atoms with E-state index in [9.17, 15) is 4.79 Å². The number of halogens is 1. The van der Waals surface area contributed by atoms with Gasteiger partial charge in [-0.1, -0.05) is 34.1 Å². The van der Waals surface area contributed by atoms with Crippen molar-refractivity contribution in [2.75, 3.05) is 32.2 Å². The minimum Gasteiger partial charge on any atom is -0.383 e. The number of aromatic nitrogens is 2. The molecule has 6 heteroatoms. The predicted octanol–water partition coefficient (Wildman–Crippen LogP) is 2.14. The molecule has 0 amide bonds. The average molecular weight is 352 g/mol. The van der Waals surface area contributed by atoms with Gasteiger partial charge in [0.2, 0.25) is 0 Å². The lowest BCUT2D eigenvalue weighted by Gasteiger charge is -2.18. The number of ether oxygens (including phenoxy) is 1. The van der Waals surface area contributed by atoms with Crippen molar-refractivity contribution in [2.24, 2.45) is 0 Å². The molecule has 2 rings (SSSR count). The van der Waals surface area contributed by atoms with E-state index >= 15 is 0 Å². The largest absolute Gasteiger partial charge is 0.383 e. The highest BCUT2D eigenvalue weighted by Gasteiger charge is 2.06. The lowest BCUT2D eigenvalue weighted by Crippen LogP contribution is -2.27. The number of hydrogen-bond acceptors (Lipinski definition) is 4. The van der Waals surface area contributed by atoms with Crippen molar-refractivity contribution in [1.29, 1.82) is 0 Å². The number of anilines is 1. The highest BCUT2D eigenvalue weighted by molar-refractivity contribution is 9.10. The van der Waals surface area contributed by atoms with E-state index in [1.54, 1.807) is 19.4 Å². The van der Waals surface area contributed by atoms with Crippen LogP contribution in [0.3, 0.4) is 0 Å². The maximum Gasteiger partial charge on any atom is 0.269 e. The van der Waals surface area contributed by atoms with Crippen molar-refractivity contribution < 1.29 is 4.74 Å². The van der Waals surface area contributed by atoms with Crippen LogP contribution < -0.4 is 10.5 Å². The molecule has 0 aliphatic rings. The normalized spacial score (nSPS) is 10.6. The van der Waals surface area contributed by atoms with Crippen molar-refractivity contribution in [3.63, 3.8) is 0 Å². The summed E-state index contributed by atoms with van der Waals surface area (Å²) in [5, 5.41) is 4.24. The van der Waals surface area contributed by atoms with Crippen LogP contribution in [0.25, 0.3) is 0 Å². The number of rotatable bonds is 6. The summed E-state index contributed by atoms with van der Waals surface area (Å²) in [6.07, 6.45) is 1.70. The molecule has 2 aromatic rings. The Morgan fingerprint density at radius 1 is 1.38 bits per heavy atom. The molecule has 0 unspecified atom stereocenters. The van der Waals surface area contributed by atoms with E-state index in [0.717, 1.165) is 15.7 Å². The monoisotopic (exact) mass is 351 g/mol. The van der Waals surface area contributed by atoms with Gasteiger partial charge in [-0.05, 0) is 11.6 Å². The van der Waals surface area contributed by atoms with Gasteiger partial charge in [-0.2, -0.15) is 5.10 Å². The summed E-state index contributed by atoms with van der Waals surface area (Å²) in [4.78, 5) is 14.1. The summed E-state index contributed by atoms with van der Waals surface area (Å²) in [5.74, 6) is 0. The lowest BCUT2D eigenvalue weighted by atomic mass is 10.2. The van der Waals surface area contributed by atoms with Crippen LogP contribution in [0.4, 0.5) is 5.69 Å². The van der Waals surface area contributed by atoms with Crippen LogP contribution in [0.5, 0.6) is 0 Å². The minimum absolute atomic E-state index is 0.118. The first-order valence-electron chi connectivity index (χ1n) is 6.62. The van der Waals surface area contributed by atoms with Gasteiger partial charge < -0.3 is 9.64 Å². The molecule has 0 atom stereocenters. The van der Waals surface area contributed by atoms with Crippen LogP contribution in [0, 0.1) is 0 Å². The molecule has 1 aromatic carbocycles. The van der Waals surface area contributed by atoms with E-state index in [2.05, 4.69) is 21.0 Å². The smallest absolute Gasteiger partial charge is 0.269 e. The van der Waals surface area contributed by atoms with Crippen LogP contribution >= 0.6 is 15.9 Å². The van der Waals surface area contributed by atoms with Gasteiger partial charge in [0.1, 0.15) is 0 Å². The molecule has 21 heavy (non-hydrogen) atoms. The van der Waals surface area contributed by atoms with Gasteiger partial charge in [-0.3, -0.25) is 4.79 Å². The van der Waals surface area contributed by atoms with Crippen LogP contribution in [0.2, 0.25) is 0 Å². The van der Waals surface area contributed by atoms with Gasteiger partial charge in [0.25, 0.3) is 5.56 Å². The Labute approximate surface area is 132 Å². The summed E-state index contributed by atoms with van der Waals surface area (Å²) in [7, 11) is 3.56.